The van der Waals surface area contributed by atoms with Gasteiger partial charge < -0.3 is 5.32 Å². The van der Waals surface area contributed by atoms with Crippen molar-refractivity contribution in [1.29, 1.82) is 5.26 Å². The van der Waals surface area contributed by atoms with Crippen LogP contribution < -0.4 is 5.32 Å². The Morgan fingerprint density at radius 1 is 1.69 bits per heavy atom. The Kier molecular flexibility index (Phi) is 4.29. The molecule has 0 aliphatic heterocycles. The molecule has 1 N–H and O–H groups in total. The minimum Gasteiger partial charge on any atom is -0.357 e. The lowest BCUT2D eigenvalue weighted by atomic mass is 10.6. The van der Waals surface area contributed by atoms with Crippen LogP contribution in [-0.2, 0) is 0 Å². The molecule has 0 aliphatic carbocycles. The first kappa shape index (κ1) is 10.0. The third kappa shape index (κ3) is 3.44. The zero-order chi connectivity index (χ0) is 9.52. The van der Waals surface area contributed by atoms with Crippen LogP contribution in [0.15, 0.2) is 17.0 Å². The highest BCUT2D eigenvalue weighted by molar-refractivity contribution is 8.01. The van der Waals surface area contributed by atoms with Crippen LogP contribution in [0.3, 0.4) is 0 Å². The van der Waals surface area contributed by atoms with Gasteiger partial charge in [0.2, 0.25) is 5.13 Å². The molecule has 0 aliphatic rings. The minimum atomic E-state index is 0.413. The van der Waals surface area contributed by atoms with Gasteiger partial charge in [0.15, 0.2) is 4.34 Å². The van der Waals surface area contributed by atoms with Crippen LogP contribution in [0.4, 0.5) is 5.13 Å². The smallest absolute Gasteiger partial charge is 0.206 e. The van der Waals surface area contributed by atoms with E-state index in [1.807, 2.05) is 6.07 Å². The van der Waals surface area contributed by atoms with Gasteiger partial charge in [-0.15, -0.1) is 16.8 Å². The summed E-state index contributed by atoms with van der Waals surface area (Å²) in [5.74, 6) is 0.413. The summed E-state index contributed by atoms with van der Waals surface area (Å²) >= 11 is 2.84. The van der Waals surface area contributed by atoms with Crippen molar-refractivity contribution in [3.05, 3.63) is 12.7 Å². The summed E-state index contributed by atoms with van der Waals surface area (Å²) in [6.45, 7) is 4.26. The Hall–Kier alpha value is -1.06. The number of nitrogens with one attached hydrogen (secondary N) is 1. The molecule has 1 aromatic rings. The molecule has 4 nitrogen and oxygen atoms in total. The maximum atomic E-state index is 8.33. The van der Waals surface area contributed by atoms with Crippen molar-refractivity contribution in [2.45, 2.75) is 4.34 Å². The van der Waals surface area contributed by atoms with E-state index in [0.717, 1.165) is 9.47 Å². The highest BCUT2D eigenvalue weighted by atomic mass is 32.2. The Bertz CT molecular complexity index is 315. The first-order chi connectivity index (χ1) is 6.36. The predicted octanol–water partition coefficient (Wildman–Crippen LogP) is 1.75. The average Bonchev–Trinajstić information content (AvgIpc) is 2.59. The maximum Gasteiger partial charge on any atom is 0.206 e. The van der Waals surface area contributed by atoms with E-state index < -0.39 is 0 Å². The van der Waals surface area contributed by atoms with E-state index >= 15 is 0 Å². The van der Waals surface area contributed by atoms with Crippen LogP contribution in [0, 0.1) is 11.3 Å². The lowest BCUT2D eigenvalue weighted by molar-refractivity contribution is 1.01. The molecule has 68 valence electrons. The summed E-state index contributed by atoms with van der Waals surface area (Å²) in [7, 11) is 0. The molecule has 0 unspecified atom stereocenters. The van der Waals surface area contributed by atoms with E-state index in [1.165, 1.54) is 23.1 Å². The number of hydrogen-bond donors (Lipinski definition) is 1. The summed E-state index contributed by atoms with van der Waals surface area (Å²) in [6, 6.07) is 2.03. The number of rotatable bonds is 5. The fourth-order valence-corrected chi connectivity index (χ4v) is 2.01. The number of nitriles is 1. The molecule has 0 saturated heterocycles. The normalized spacial score (nSPS) is 9.15. The molecule has 1 rings (SSSR count). The van der Waals surface area contributed by atoms with Gasteiger partial charge in [0, 0.05) is 6.54 Å². The average molecular weight is 212 g/mol. The first-order valence-corrected chi connectivity index (χ1v) is 5.35. The molecule has 0 amide bonds. The van der Waals surface area contributed by atoms with Gasteiger partial charge in [0.25, 0.3) is 0 Å². The van der Waals surface area contributed by atoms with Gasteiger partial charge in [0.05, 0.1) is 11.8 Å². The van der Waals surface area contributed by atoms with Gasteiger partial charge in [-0.3, -0.25) is 0 Å². The van der Waals surface area contributed by atoms with Gasteiger partial charge in [-0.25, -0.2) is 0 Å². The number of hydrogen-bond acceptors (Lipinski definition) is 6. The van der Waals surface area contributed by atoms with Crippen LogP contribution in [0.1, 0.15) is 0 Å². The molecule has 0 aromatic carbocycles. The third-order valence-electron chi connectivity index (χ3n) is 1.06. The van der Waals surface area contributed by atoms with Crippen LogP contribution in [-0.4, -0.2) is 22.5 Å². The number of anilines is 1. The fourth-order valence-electron chi connectivity index (χ4n) is 0.593. The van der Waals surface area contributed by atoms with E-state index in [0.29, 0.717) is 12.3 Å². The van der Waals surface area contributed by atoms with Crippen molar-refractivity contribution in [2.75, 3.05) is 17.6 Å². The molecule has 13 heavy (non-hydrogen) atoms. The van der Waals surface area contributed by atoms with E-state index in [4.69, 9.17) is 5.26 Å². The number of aromatic nitrogens is 2. The van der Waals surface area contributed by atoms with Crippen LogP contribution in [0.5, 0.6) is 0 Å². The molecule has 0 fully saturated rings. The maximum absolute atomic E-state index is 8.33. The lowest BCUT2D eigenvalue weighted by Gasteiger charge is -1.92. The number of thioether (sulfide) groups is 1. The highest BCUT2D eigenvalue weighted by Crippen LogP contribution is 2.24. The predicted molar refractivity (Wildman–Crippen MR) is 54.9 cm³/mol. The van der Waals surface area contributed by atoms with Crippen molar-refractivity contribution < 1.29 is 0 Å². The lowest BCUT2D eigenvalue weighted by Crippen LogP contribution is -1.96. The van der Waals surface area contributed by atoms with Crippen molar-refractivity contribution in [1.82, 2.24) is 10.2 Å². The molecule has 0 radical (unpaired) electrons. The van der Waals surface area contributed by atoms with Crippen molar-refractivity contribution in [3.8, 4) is 6.07 Å². The molecule has 0 atom stereocenters. The highest BCUT2D eigenvalue weighted by Gasteiger charge is 2.02. The summed E-state index contributed by atoms with van der Waals surface area (Å²) in [4.78, 5) is 0. The summed E-state index contributed by atoms with van der Waals surface area (Å²) in [5, 5.41) is 19.9. The van der Waals surface area contributed by atoms with Gasteiger partial charge in [-0.1, -0.05) is 29.2 Å². The molecule has 6 heteroatoms. The van der Waals surface area contributed by atoms with Gasteiger partial charge in [-0.2, -0.15) is 5.26 Å². The van der Waals surface area contributed by atoms with E-state index in [-0.39, 0.29) is 0 Å². The summed E-state index contributed by atoms with van der Waals surface area (Å²) in [6.07, 6.45) is 1.75. The first-order valence-electron chi connectivity index (χ1n) is 3.55. The van der Waals surface area contributed by atoms with E-state index in [1.54, 1.807) is 6.08 Å². The van der Waals surface area contributed by atoms with Crippen LogP contribution in [0.25, 0.3) is 0 Å². The Balaban J connectivity index is 2.44. The second kappa shape index (κ2) is 5.56. The molecular weight excluding hydrogens is 204 g/mol. The monoisotopic (exact) mass is 212 g/mol. The standard InChI is InChI=1S/C7H8N4S2/c1-2-4-9-6-10-11-7(13-6)12-5-3-8/h2H,1,4-5H2,(H,9,10). The third-order valence-corrected chi connectivity index (χ3v) is 2.95. The minimum absolute atomic E-state index is 0.413. The summed E-state index contributed by atoms with van der Waals surface area (Å²) < 4.78 is 0.813. The second-order valence-electron chi connectivity index (χ2n) is 1.99. The van der Waals surface area contributed by atoms with Crippen molar-refractivity contribution in [3.63, 3.8) is 0 Å². The molecule has 0 bridgehead atoms. The van der Waals surface area contributed by atoms with Gasteiger partial charge >= 0.3 is 0 Å². The van der Waals surface area contributed by atoms with Gasteiger partial charge in [0.1, 0.15) is 0 Å². The number of nitrogens with zero attached hydrogens (tertiary/aromatic N) is 3. The second-order valence-corrected chi connectivity index (χ2v) is 4.19. The molecule has 0 spiro atoms. The summed E-state index contributed by atoms with van der Waals surface area (Å²) in [5.41, 5.74) is 0. The van der Waals surface area contributed by atoms with E-state index in [2.05, 4.69) is 22.1 Å². The fraction of sp³-hybridized carbons (Fsp3) is 0.286. The largest absolute Gasteiger partial charge is 0.357 e. The molecular formula is C7H8N4S2. The van der Waals surface area contributed by atoms with E-state index in [9.17, 15) is 0 Å². The topological polar surface area (TPSA) is 61.6 Å². The Labute approximate surface area is 84.7 Å². The Morgan fingerprint density at radius 2 is 2.54 bits per heavy atom. The van der Waals surface area contributed by atoms with Crippen molar-refractivity contribution in [2.24, 2.45) is 0 Å². The zero-order valence-electron chi connectivity index (χ0n) is 6.86. The molecule has 1 aromatic heterocycles. The molecule has 1 heterocycles. The molecule has 0 saturated carbocycles. The van der Waals surface area contributed by atoms with Crippen LogP contribution in [0.2, 0.25) is 0 Å². The van der Waals surface area contributed by atoms with Gasteiger partial charge in [-0.05, 0) is 0 Å². The SMILES string of the molecule is C=CCNc1nnc(SCC#N)s1. The quantitative estimate of drug-likeness (QED) is 0.595. The zero-order valence-corrected chi connectivity index (χ0v) is 8.49. The van der Waals surface area contributed by atoms with Crippen LogP contribution >= 0.6 is 23.1 Å². The Morgan fingerprint density at radius 3 is 3.23 bits per heavy atom. The van der Waals surface area contributed by atoms with Crippen molar-refractivity contribution >= 4 is 28.2 Å².